The van der Waals surface area contributed by atoms with E-state index in [1.54, 1.807) is 12.2 Å². The Balaban J connectivity index is 1.98. The molecule has 0 amide bonds. The van der Waals surface area contributed by atoms with Gasteiger partial charge in [0.05, 0.1) is 26.4 Å². The van der Waals surface area contributed by atoms with Crippen molar-refractivity contribution < 1.29 is 18.9 Å². The molecule has 34 heavy (non-hydrogen) atoms. The van der Waals surface area contributed by atoms with Gasteiger partial charge in [-0.25, -0.2) is 0 Å². The van der Waals surface area contributed by atoms with Gasteiger partial charge in [0.2, 0.25) is 0 Å². The van der Waals surface area contributed by atoms with Gasteiger partial charge in [0, 0.05) is 21.9 Å². The molecule has 2 aromatic rings. The summed E-state index contributed by atoms with van der Waals surface area (Å²) in [4.78, 5) is 0. The zero-order valence-corrected chi connectivity index (χ0v) is 21.4. The maximum absolute atomic E-state index is 6.43. The van der Waals surface area contributed by atoms with Crippen LogP contribution in [-0.4, -0.2) is 39.6 Å². The number of rotatable bonds is 14. The average Bonchev–Trinajstić information content (AvgIpc) is 3.08. The maximum Gasteiger partial charge on any atom is 0.130 e. The largest absolute Gasteiger partial charge is 0.490 e. The molecule has 0 unspecified atom stereocenters. The number of ether oxygens (including phenoxy) is 4. The Bertz CT molecular complexity index is 878. The zero-order chi connectivity index (χ0) is 24.4. The summed E-state index contributed by atoms with van der Waals surface area (Å²) in [6, 6.07) is 8.45. The van der Waals surface area contributed by atoms with Crippen LogP contribution >= 0.6 is 0 Å². The average molecular weight is 467 g/mol. The molecule has 0 bridgehead atoms. The first-order valence-corrected chi connectivity index (χ1v) is 12.7. The molecule has 3 rings (SSSR count). The monoisotopic (exact) mass is 466 g/mol. The second-order valence-electron chi connectivity index (χ2n) is 9.70. The van der Waals surface area contributed by atoms with Crippen LogP contribution in [0.2, 0.25) is 0 Å². The molecular weight excluding hydrogens is 424 g/mol. The number of benzene rings is 2. The van der Waals surface area contributed by atoms with Crippen molar-refractivity contribution in [2.45, 2.75) is 52.9 Å². The molecule has 4 nitrogen and oxygen atoms in total. The molecule has 0 atom stereocenters. The fourth-order valence-electron chi connectivity index (χ4n) is 4.93. The van der Waals surface area contributed by atoms with Gasteiger partial charge in [-0.1, -0.05) is 63.6 Å². The van der Waals surface area contributed by atoms with Crippen LogP contribution in [0.4, 0.5) is 0 Å². The first-order chi connectivity index (χ1) is 16.5. The zero-order valence-electron chi connectivity index (χ0n) is 21.4. The Morgan fingerprint density at radius 2 is 1.29 bits per heavy atom. The lowest BCUT2D eigenvalue weighted by atomic mass is 9.73. The van der Waals surface area contributed by atoms with E-state index in [0.717, 1.165) is 48.0 Å². The normalized spacial score (nSPS) is 14.4. The highest BCUT2D eigenvalue weighted by atomic mass is 16.5. The van der Waals surface area contributed by atoms with E-state index in [1.165, 1.54) is 17.5 Å². The van der Waals surface area contributed by atoms with Crippen molar-refractivity contribution in [1.29, 1.82) is 0 Å². The van der Waals surface area contributed by atoms with Crippen molar-refractivity contribution in [1.82, 2.24) is 0 Å². The lowest BCUT2D eigenvalue weighted by Gasteiger charge is -2.32. The highest BCUT2D eigenvalue weighted by Gasteiger charge is 2.32. The van der Waals surface area contributed by atoms with E-state index in [4.69, 9.17) is 18.9 Å². The molecule has 0 aliphatic heterocycles. The molecule has 0 saturated carbocycles. The van der Waals surface area contributed by atoms with Crippen LogP contribution in [0.1, 0.15) is 51.2 Å². The lowest BCUT2D eigenvalue weighted by molar-refractivity contribution is 0.120. The molecule has 4 heteroatoms. The second kappa shape index (κ2) is 13.0. The van der Waals surface area contributed by atoms with Gasteiger partial charge >= 0.3 is 0 Å². The molecule has 0 fully saturated rings. The predicted octanol–water partition coefficient (Wildman–Crippen LogP) is 6.93. The minimum atomic E-state index is 0.320. The van der Waals surface area contributed by atoms with Gasteiger partial charge in [0.25, 0.3) is 0 Å². The fraction of sp³-hybridized carbons (Fsp3) is 0.533. The van der Waals surface area contributed by atoms with Gasteiger partial charge in [-0.15, -0.1) is 13.2 Å². The number of hydrogen-bond acceptors (Lipinski definition) is 4. The van der Waals surface area contributed by atoms with Crippen LogP contribution in [0.5, 0.6) is 11.5 Å². The third-order valence-corrected chi connectivity index (χ3v) is 7.25. The predicted molar refractivity (Wildman–Crippen MR) is 141 cm³/mol. The summed E-state index contributed by atoms with van der Waals surface area (Å²) < 4.78 is 24.0. The van der Waals surface area contributed by atoms with E-state index in [9.17, 15) is 0 Å². The quantitative estimate of drug-likeness (QED) is 0.172. The molecular formula is C30H42O4. The lowest BCUT2D eigenvalue weighted by Crippen LogP contribution is -2.23. The Kier molecular flexibility index (Phi) is 10.0. The third-order valence-electron chi connectivity index (χ3n) is 7.25. The highest BCUT2D eigenvalue weighted by Crippen LogP contribution is 2.47. The van der Waals surface area contributed by atoms with E-state index >= 15 is 0 Å². The van der Waals surface area contributed by atoms with E-state index in [1.807, 2.05) is 0 Å². The van der Waals surface area contributed by atoms with Gasteiger partial charge in [-0.05, 0) is 37.0 Å². The second-order valence-corrected chi connectivity index (χ2v) is 9.70. The molecule has 0 heterocycles. The van der Waals surface area contributed by atoms with E-state index < -0.39 is 0 Å². The molecule has 186 valence electrons. The van der Waals surface area contributed by atoms with E-state index in [-0.39, 0.29) is 0 Å². The van der Waals surface area contributed by atoms with Crippen LogP contribution in [-0.2, 0) is 22.3 Å². The van der Waals surface area contributed by atoms with Gasteiger partial charge < -0.3 is 18.9 Å². The van der Waals surface area contributed by atoms with Crippen LogP contribution < -0.4 is 9.47 Å². The molecule has 2 aromatic carbocycles. The summed E-state index contributed by atoms with van der Waals surface area (Å²) in [5.74, 6) is 2.66. The molecule has 0 saturated heterocycles. The van der Waals surface area contributed by atoms with E-state index in [0.29, 0.717) is 51.0 Å². The standard InChI is InChI=1S/C30H42O4/c1-6-17-31-19-21-33-28-24-11-9-10-12-25(24)29(34-22-20-32-18-7-2)27-16-14-23(13-15-26(27)28)30(4,5)8-3/h6-7,9-12,23H,1-2,8,13-22H2,3-5H3. The topological polar surface area (TPSA) is 36.9 Å². The Labute approximate surface area is 205 Å². The van der Waals surface area contributed by atoms with Crippen LogP contribution in [0.25, 0.3) is 10.8 Å². The molecule has 0 N–H and O–H groups in total. The van der Waals surface area contributed by atoms with Crippen LogP contribution in [0, 0.1) is 11.3 Å². The summed E-state index contributed by atoms with van der Waals surface area (Å²) >= 11 is 0. The fourth-order valence-corrected chi connectivity index (χ4v) is 4.93. The highest BCUT2D eigenvalue weighted by molar-refractivity contribution is 5.96. The van der Waals surface area contributed by atoms with Crippen LogP contribution in [0.3, 0.4) is 0 Å². The van der Waals surface area contributed by atoms with Crippen molar-refractivity contribution in [3.63, 3.8) is 0 Å². The minimum absolute atomic E-state index is 0.320. The molecule has 1 aliphatic rings. The summed E-state index contributed by atoms with van der Waals surface area (Å²) in [6.45, 7) is 17.8. The van der Waals surface area contributed by atoms with Crippen molar-refractivity contribution >= 4 is 10.8 Å². The first-order valence-electron chi connectivity index (χ1n) is 12.7. The van der Waals surface area contributed by atoms with Crippen LogP contribution in [0.15, 0.2) is 49.6 Å². The van der Waals surface area contributed by atoms with Gasteiger partial charge in [0.1, 0.15) is 24.7 Å². The van der Waals surface area contributed by atoms with Gasteiger partial charge in [0.15, 0.2) is 0 Å². The van der Waals surface area contributed by atoms with Crippen molar-refractivity contribution in [2.24, 2.45) is 11.3 Å². The summed E-state index contributed by atoms with van der Waals surface area (Å²) in [5, 5.41) is 2.22. The molecule has 0 spiro atoms. The minimum Gasteiger partial charge on any atom is -0.490 e. The van der Waals surface area contributed by atoms with Gasteiger partial charge in [-0.2, -0.15) is 0 Å². The number of hydrogen-bond donors (Lipinski definition) is 0. The molecule has 0 radical (unpaired) electrons. The molecule has 1 aliphatic carbocycles. The maximum atomic E-state index is 6.43. The first kappa shape index (κ1) is 26.3. The summed E-state index contributed by atoms with van der Waals surface area (Å²) in [5.41, 5.74) is 2.93. The number of fused-ring (bicyclic) bond motifs is 2. The Hall–Kier alpha value is -2.30. The van der Waals surface area contributed by atoms with Crippen molar-refractivity contribution in [3.8, 4) is 11.5 Å². The SMILES string of the molecule is C=CCOCCOc1c2c(c(OCCOCC=C)c3ccccc13)CCC(C(C)(C)CC)CC2. The smallest absolute Gasteiger partial charge is 0.130 e. The summed E-state index contributed by atoms with van der Waals surface area (Å²) in [6.07, 6.45) is 9.05. The molecule has 0 aromatic heterocycles. The van der Waals surface area contributed by atoms with Crippen molar-refractivity contribution in [2.75, 3.05) is 39.6 Å². The summed E-state index contributed by atoms with van der Waals surface area (Å²) in [7, 11) is 0. The van der Waals surface area contributed by atoms with Gasteiger partial charge in [-0.3, -0.25) is 0 Å². The third kappa shape index (κ3) is 6.43. The Morgan fingerprint density at radius 1 is 0.824 bits per heavy atom. The van der Waals surface area contributed by atoms with E-state index in [2.05, 4.69) is 58.2 Å². The van der Waals surface area contributed by atoms with Crippen molar-refractivity contribution in [3.05, 3.63) is 60.7 Å². The Morgan fingerprint density at radius 3 is 1.71 bits per heavy atom.